The molecule has 23 heavy (non-hydrogen) atoms. The van der Waals surface area contributed by atoms with Crippen molar-refractivity contribution in [1.82, 2.24) is 15.3 Å². The summed E-state index contributed by atoms with van der Waals surface area (Å²) < 4.78 is 23.7. The van der Waals surface area contributed by atoms with E-state index in [9.17, 15) is 9.18 Å². The fourth-order valence-electron chi connectivity index (χ4n) is 2.48. The van der Waals surface area contributed by atoms with Gasteiger partial charge < -0.3 is 19.8 Å². The van der Waals surface area contributed by atoms with Gasteiger partial charge in [-0.15, -0.1) is 0 Å². The third-order valence-corrected chi connectivity index (χ3v) is 3.90. The number of aromatic amines is 1. The van der Waals surface area contributed by atoms with Crippen LogP contribution in [-0.2, 0) is 15.1 Å². The fourth-order valence-corrected chi connectivity index (χ4v) is 2.70. The number of hydrogen-bond acceptors (Lipinski definition) is 4. The fraction of sp³-hybridized carbons (Fsp3) is 0.333. The summed E-state index contributed by atoms with van der Waals surface area (Å²) in [7, 11) is 0. The molecule has 1 atom stereocenters. The number of amides is 1. The molecule has 0 saturated carbocycles. The van der Waals surface area contributed by atoms with Crippen LogP contribution in [0.2, 0.25) is 5.02 Å². The molecule has 2 heterocycles. The van der Waals surface area contributed by atoms with E-state index in [1.807, 2.05) is 0 Å². The number of aromatic nitrogens is 2. The van der Waals surface area contributed by atoms with Gasteiger partial charge in [-0.25, -0.2) is 9.37 Å². The highest BCUT2D eigenvalue weighted by Crippen LogP contribution is 2.28. The Morgan fingerprint density at radius 1 is 1.57 bits per heavy atom. The van der Waals surface area contributed by atoms with Gasteiger partial charge in [0.1, 0.15) is 22.9 Å². The molecule has 0 bridgehead atoms. The number of nitrogens with one attached hydrogen (secondary N) is 2. The number of imidazole rings is 1. The minimum Gasteiger partial charge on any atom is -0.482 e. The number of benzene rings is 1. The lowest BCUT2D eigenvalue weighted by atomic mass is 9.97. The summed E-state index contributed by atoms with van der Waals surface area (Å²) >= 11 is 5.86. The van der Waals surface area contributed by atoms with Gasteiger partial charge in [0.25, 0.3) is 5.91 Å². The quantitative estimate of drug-likeness (QED) is 0.873. The van der Waals surface area contributed by atoms with Crippen molar-refractivity contribution in [3.63, 3.8) is 0 Å². The average Bonchev–Trinajstić information content (AvgIpc) is 3.18. The summed E-state index contributed by atoms with van der Waals surface area (Å²) in [5.74, 6) is 0.0834. The van der Waals surface area contributed by atoms with Gasteiger partial charge in [-0.2, -0.15) is 0 Å². The van der Waals surface area contributed by atoms with Crippen LogP contribution in [0.3, 0.4) is 0 Å². The number of nitrogens with zero attached hydrogens (tertiary/aromatic N) is 1. The molecule has 2 aromatic rings. The Labute approximate surface area is 137 Å². The Morgan fingerprint density at radius 2 is 2.43 bits per heavy atom. The lowest BCUT2D eigenvalue weighted by molar-refractivity contribution is -0.125. The van der Waals surface area contributed by atoms with E-state index >= 15 is 0 Å². The van der Waals surface area contributed by atoms with Crippen molar-refractivity contribution >= 4 is 17.5 Å². The average molecular weight is 340 g/mol. The second-order valence-corrected chi connectivity index (χ2v) is 5.64. The number of hydrogen-bond donors (Lipinski definition) is 2. The molecule has 1 aromatic heterocycles. The van der Waals surface area contributed by atoms with Gasteiger partial charge in [-0.1, -0.05) is 11.6 Å². The predicted octanol–water partition coefficient (Wildman–Crippen LogP) is 2.01. The van der Waals surface area contributed by atoms with E-state index in [2.05, 4.69) is 15.3 Å². The molecule has 2 N–H and O–H groups in total. The third kappa shape index (κ3) is 3.46. The van der Waals surface area contributed by atoms with E-state index in [0.717, 1.165) is 6.07 Å². The molecule has 1 aromatic carbocycles. The van der Waals surface area contributed by atoms with Crippen LogP contribution < -0.4 is 10.1 Å². The van der Waals surface area contributed by atoms with Crippen molar-refractivity contribution in [1.29, 1.82) is 0 Å². The first-order valence-corrected chi connectivity index (χ1v) is 7.43. The lowest BCUT2D eigenvalue weighted by Gasteiger charge is -2.26. The molecule has 0 spiro atoms. The maximum absolute atomic E-state index is 13.0. The highest BCUT2D eigenvalue weighted by atomic mass is 35.5. The summed E-state index contributed by atoms with van der Waals surface area (Å²) in [4.78, 5) is 19.4. The number of rotatable bonds is 5. The van der Waals surface area contributed by atoms with Gasteiger partial charge in [0.05, 0.1) is 11.6 Å². The first-order valence-electron chi connectivity index (χ1n) is 7.05. The molecule has 8 heteroatoms. The number of halogens is 2. The third-order valence-electron chi connectivity index (χ3n) is 3.60. The van der Waals surface area contributed by atoms with E-state index in [1.165, 1.54) is 12.1 Å². The van der Waals surface area contributed by atoms with Gasteiger partial charge in [0.15, 0.2) is 6.61 Å². The van der Waals surface area contributed by atoms with Crippen molar-refractivity contribution in [2.75, 3.05) is 19.8 Å². The Hall–Kier alpha value is -2.12. The highest BCUT2D eigenvalue weighted by Gasteiger charge is 2.40. The number of ether oxygens (including phenoxy) is 2. The number of H-pyrrole nitrogens is 1. The van der Waals surface area contributed by atoms with E-state index in [0.29, 0.717) is 25.5 Å². The number of carbonyl (C=O) groups excluding carboxylic acids is 1. The summed E-state index contributed by atoms with van der Waals surface area (Å²) in [5.41, 5.74) is -0.684. The zero-order valence-corrected chi connectivity index (χ0v) is 12.9. The number of carbonyl (C=O) groups is 1. The smallest absolute Gasteiger partial charge is 0.258 e. The maximum atomic E-state index is 13.0. The lowest BCUT2D eigenvalue weighted by Crippen LogP contribution is -2.48. The van der Waals surface area contributed by atoms with E-state index in [1.54, 1.807) is 12.4 Å². The first-order chi connectivity index (χ1) is 11.1. The van der Waals surface area contributed by atoms with Gasteiger partial charge in [0.2, 0.25) is 0 Å². The van der Waals surface area contributed by atoms with Crippen molar-refractivity contribution in [3.05, 3.63) is 47.3 Å². The Bertz CT molecular complexity index is 687. The topological polar surface area (TPSA) is 76.2 Å². The van der Waals surface area contributed by atoms with Gasteiger partial charge in [-0.3, -0.25) is 4.79 Å². The highest BCUT2D eigenvalue weighted by molar-refractivity contribution is 6.32. The van der Waals surface area contributed by atoms with Crippen LogP contribution in [0.15, 0.2) is 30.6 Å². The predicted molar refractivity (Wildman–Crippen MR) is 80.7 cm³/mol. The van der Waals surface area contributed by atoms with E-state index < -0.39 is 11.4 Å². The van der Waals surface area contributed by atoms with E-state index in [-0.39, 0.29) is 23.3 Å². The second kappa shape index (κ2) is 6.55. The summed E-state index contributed by atoms with van der Waals surface area (Å²) in [5, 5.41) is 3.01. The minimum absolute atomic E-state index is 0.114. The van der Waals surface area contributed by atoms with Crippen LogP contribution in [0.4, 0.5) is 4.39 Å². The molecular formula is C15H15ClFN3O3. The maximum Gasteiger partial charge on any atom is 0.258 e. The molecule has 122 valence electrons. The molecule has 1 amide bonds. The standard InChI is InChI=1S/C15H15ClFN3O3/c16-11-7-10(17)1-2-12(11)23-8-13(21)20-15(3-6-22-9-15)14-18-4-5-19-14/h1-2,4-5,7H,3,6,8-9H2,(H,18,19)(H,20,21). The van der Waals surface area contributed by atoms with Crippen molar-refractivity contribution in [3.8, 4) is 5.75 Å². The van der Waals surface area contributed by atoms with Gasteiger partial charge >= 0.3 is 0 Å². The molecule has 1 aliphatic heterocycles. The van der Waals surface area contributed by atoms with Gasteiger partial charge in [0, 0.05) is 25.4 Å². The molecule has 6 nitrogen and oxygen atoms in total. The Balaban J connectivity index is 1.64. The zero-order chi connectivity index (χ0) is 16.3. The van der Waals surface area contributed by atoms with Crippen molar-refractivity contribution < 1.29 is 18.7 Å². The van der Waals surface area contributed by atoms with Crippen LogP contribution in [0.5, 0.6) is 5.75 Å². The van der Waals surface area contributed by atoms with Crippen LogP contribution in [0.1, 0.15) is 12.2 Å². The normalized spacial score (nSPS) is 20.4. The monoisotopic (exact) mass is 339 g/mol. The van der Waals surface area contributed by atoms with Crippen LogP contribution >= 0.6 is 11.6 Å². The molecule has 0 aliphatic carbocycles. The van der Waals surface area contributed by atoms with Crippen molar-refractivity contribution in [2.24, 2.45) is 0 Å². The zero-order valence-electron chi connectivity index (χ0n) is 12.1. The molecule has 0 radical (unpaired) electrons. The SMILES string of the molecule is O=C(COc1ccc(F)cc1Cl)NC1(c2ncc[nH]2)CCOC1. The molecule has 1 unspecified atom stereocenters. The molecule has 3 rings (SSSR count). The van der Waals surface area contributed by atoms with Gasteiger partial charge in [-0.05, 0) is 18.2 Å². The second-order valence-electron chi connectivity index (χ2n) is 5.23. The summed E-state index contributed by atoms with van der Waals surface area (Å²) in [6.07, 6.45) is 3.93. The first kappa shape index (κ1) is 15.8. The molecular weight excluding hydrogens is 325 g/mol. The molecule has 1 fully saturated rings. The minimum atomic E-state index is -0.684. The van der Waals surface area contributed by atoms with Crippen LogP contribution in [-0.4, -0.2) is 35.7 Å². The largest absolute Gasteiger partial charge is 0.482 e. The Kier molecular flexibility index (Phi) is 4.49. The van der Waals surface area contributed by atoms with Crippen LogP contribution in [0.25, 0.3) is 0 Å². The molecule has 1 aliphatic rings. The van der Waals surface area contributed by atoms with Crippen LogP contribution in [0, 0.1) is 5.82 Å². The molecule has 1 saturated heterocycles. The Morgan fingerprint density at radius 3 is 3.09 bits per heavy atom. The van der Waals surface area contributed by atoms with E-state index in [4.69, 9.17) is 21.1 Å². The van der Waals surface area contributed by atoms with Crippen molar-refractivity contribution in [2.45, 2.75) is 12.0 Å². The summed E-state index contributed by atoms with van der Waals surface area (Å²) in [6, 6.07) is 3.73. The summed E-state index contributed by atoms with van der Waals surface area (Å²) in [6.45, 7) is 0.628.